The van der Waals surface area contributed by atoms with Crippen LogP contribution in [0.1, 0.15) is 27.7 Å². The first-order chi connectivity index (χ1) is 9.61. The van der Waals surface area contributed by atoms with E-state index in [1.165, 1.54) is 11.8 Å². The molecule has 0 aromatic heterocycles. The summed E-state index contributed by atoms with van der Waals surface area (Å²) in [7, 11) is 0. The third kappa shape index (κ3) is 4.74. The van der Waals surface area contributed by atoms with Gasteiger partial charge in [-0.05, 0) is 45.3 Å². The lowest BCUT2D eigenvalue weighted by molar-refractivity contribution is -0.138. The van der Waals surface area contributed by atoms with Crippen molar-refractivity contribution in [2.24, 2.45) is 10.1 Å². The molecule has 0 fully saturated rings. The molecule has 1 aliphatic rings. The molecule has 0 aromatic rings. The summed E-state index contributed by atoms with van der Waals surface area (Å²) in [6.07, 6.45) is 1.81. The van der Waals surface area contributed by atoms with Gasteiger partial charge in [-0.3, -0.25) is 14.8 Å². The summed E-state index contributed by atoms with van der Waals surface area (Å²) in [5, 5.41) is 15.6. The molecule has 0 amide bonds. The topological polar surface area (TPSA) is 103 Å². The Morgan fingerprint density at radius 1 is 1.57 bits per heavy atom. The van der Waals surface area contributed by atoms with E-state index in [0.717, 1.165) is 17.1 Å². The molecule has 120 valence electrons. The zero-order chi connectivity index (χ0) is 16.3. The van der Waals surface area contributed by atoms with E-state index >= 15 is 0 Å². The second kappa shape index (κ2) is 7.17. The molecule has 0 radical (unpaired) electrons. The Morgan fingerprint density at radius 2 is 2.19 bits per heavy atom. The van der Waals surface area contributed by atoms with E-state index in [1.54, 1.807) is 13.8 Å². The minimum Gasteiger partial charge on any atom is -0.480 e. The van der Waals surface area contributed by atoms with Crippen LogP contribution < -0.4 is 10.5 Å². The number of thioether (sulfide) groups is 1. The summed E-state index contributed by atoms with van der Waals surface area (Å²) in [4.78, 5) is 15.6. The van der Waals surface area contributed by atoms with E-state index in [4.69, 9.17) is 0 Å². The molecule has 0 spiro atoms. The molecule has 0 aliphatic carbocycles. The first-order valence-electron chi connectivity index (χ1n) is 6.27. The molecule has 7 nitrogen and oxygen atoms in total. The number of aliphatic imine (C=N–C) groups is 1. The van der Waals surface area contributed by atoms with Gasteiger partial charge >= 0.3 is 5.97 Å². The van der Waals surface area contributed by atoms with Crippen molar-refractivity contribution in [3.8, 4) is 0 Å². The van der Waals surface area contributed by atoms with Crippen LogP contribution in [0, 0.1) is 0 Å². The highest BCUT2D eigenvalue weighted by Gasteiger charge is 2.49. The normalized spacial score (nSPS) is 25.1. The van der Waals surface area contributed by atoms with Gasteiger partial charge in [0.05, 0.1) is 0 Å². The number of hydrazone groups is 1. The van der Waals surface area contributed by atoms with Crippen LogP contribution in [-0.4, -0.2) is 45.3 Å². The summed E-state index contributed by atoms with van der Waals surface area (Å²) < 4.78 is 13.1. The molecular formula is C11H21N4O3PS2. The molecule has 0 saturated carbocycles. The van der Waals surface area contributed by atoms with Gasteiger partial charge < -0.3 is 5.11 Å². The van der Waals surface area contributed by atoms with Crippen LogP contribution in [0.4, 0.5) is 0 Å². The van der Waals surface area contributed by atoms with Gasteiger partial charge in [0.2, 0.25) is 6.49 Å². The molecule has 2 atom stereocenters. The van der Waals surface area contributed by atoms with Crippen molar-refractivity contribution < 1.29 is 14.5 Å². The van der Waals surface area contributed by atoms with E-state index in [2.05, 4.69) is 20.6 Å². The monoisotopic (exact) mass is 352 g/mol. The quantitative estimate of drug-likeness (QED) is 0.383. The highest BCUT2D eigenvalue weighted by atomic mass is 32.7. The number of carbonyl (C=O) groups is 1. The second-order valence-electron chi connectivity index (χ2n) is 5.20. The molecule has 21 heavy (non-hydrogen) atoms. The molecule has 0 saturated heterocycles. The van der Waals surface area contributed by atoms with E-state index in [0.29, 0.717) is 10.9 Å². The van der Waals surface area contributed by atoms with Crippen LogP contribution in [-0.2, 0) is 9.36 Å². The number of rotatable bonds is 6. The lowest BCUT2D eigenvalue weighted by Gasteiger charge is -2.27. The first-order valence-corrected chi connectivity index (χ1v) is 10.8. The van der Waals surface area contributed by atoms with E-state index < -0.39 is 23.8 Å². The van der Waals surface area contributed by atoms with Crippen LogP contribution in [0.2, 0.25) is 0 Å². The fraction of sp³-hybridized carbons (Fsp3) is 0.727. The minimum atomic E-state index is -3.09. The standard InChI is InChI=1S/C11H21N4O3PS2/c1-7(2)13-14-10-12-11(3,4)19(18,21-10)15-8(6-20-5)9(16)17/h8H,6H2,1-5H3,(H,12,14)(H,15,18)(H,16,17). The van der Waals surface area contributed by atoms with Crippen molar-refractivity contribution in [2.45, 2.75) is 39.0 Å². The number of nitrogens with zero attached hydrogens (tertiary/aromatic N) is 2. The average molecular weight is 352 g/mol. The van der Waals surface area contributed by atoms with Gasteiger partial charge in [-0.15, -0.1) is 0 Å². The van der Waals surface area contributed by atoms with Crippen LogP contribution in [0.3, 0.4) is 0 Å². The van der Waals surface area contributed by atoms with Gasteiger partial charge in [0.15, 0.2) is 5.17 Å². The fourth-order valence-electron chi connectivity index (χ4n) is 1.49. The number of amidine groups is 1. The largest absolute Gasteiger partial charge is 0.480 e. The number of nitrogens with one attached hydrogen (secondary N) is 2. The Morgan fingerprint density at radius 3 is 2.67 bits per heavy atom. The third-order valence-corrected chi connectivity index (χ3v) is 9.06. The van der Waals surface area contributed by atoms with Gasteiger partial charge in [0.25, 0.3) is 0 Å². The molecule has 0 aromatic carbocycles. The van der Waals surface area contributed by atoms with E-state index in [9.17, 15) is 14.5 Å². The molecule has 1 rings (SSSR count). The van der Waals surface area contributed by atoms with Gasteiger partial charge in [0, 0.05) is 11.5 Å². The molecule has 1 heterocycles. The fourth-order valence-corrected chi connectivity index (χ4v) is 6.59. The van der Waals surface area contributed by atoms with Gasteiger partial charge in [0.1, 0.15) is 11.3 Å². The summed E-state index contributed by atoms with van der Waals surface area (Å²) >= 11 is 2.42. The Kier molecular flexibility index (Phi) is 6.34. The van der Waals surface area contributed by atoms with Crippen molar-refractivity contribution in [3.63, 3.8) is 0 Å². The summed E-state index contributed by atoms with van der Waals surface area (Å²) in [6, 6.07) is -0.872. The molecule has 10 heteroatoms. The van der Waals surface area contributed by atoms with Crippen molar-refractivity contribution in [3.05, 3.63) is 0 Å². The molecule has 0 bridgehead atoms. The van der Waals surface area contributed by atoms with Crippen molar-refractivity contribution in [2.75, 3.05) is 12.0 Å². The SMILES string of the molecule is CSCC(NP1(=O)SC(NN=C(C)C)=NC1(C)C)C(=O)O. The van der Waals surface area contributed by atoms with E-state index in [1.807, 2.05) is 20.1 Å². The Labute approximate surface area is 133 Å². The molecular weight excluding hydrogens is 331 g/mol. The molecule has 3 N–H and O–H groups in total. The Bertz CT molecular complexity index is 518. The van der Waals surface area contributed by atoms with Crippen LogP contribution in [0.5, 0.6) is 0 Å². The number of hydrogen-bond acceptors (Lipinski definition) is 7. The first kappa shape index (κ1) is 18.5. The Hall–Kier alpha value is -0.500. The number of hydrogen-bond donors (Lipinski definition) is 3. The summed E-state index contributed by atoms with van der Waals surface area (Å²) in [6.45, 7) is 4.02. The zero-order valence-corrected chi connectivity index (χ0v) is 15.2. The van der Waals surface area contributed by atoms with Gasteiger partial charge in [-0.1, -0.05) is 0 Å². The predicted molar refractivity (Wildman–Crippen MR) is 91.6 cm³/mol. The lowest BCUT2D eigenvalue weighted by atomic mass is 10.4. The summed E-state index contributed by atoms with van der Waals surface area (Å²) in [5.74, 6) is -0.676. The zero-order valence-electron chi connectivity index (χ0n) is 12.7. The van der Waals surface area contributed by atoms with Gasteiger partial charge in [-0.25, -0.2) is 10.1 Å². The second-order valence-corrected chi connectivity index (χ2v) is 11.2. The lowest BCUT2D eigenvalue weighted by Crippen LogP contribution is -2.39. The number of aliphatic carboxylic acids is 1. The minimum absolute atomic E-state index is 0.338. The van der Waals surface area contributed by atoms with Crippen LogP contribution in [0.15, 0.2) is 10.1 Å². The van der Waals surface area contributed by atoms with Crippen molar-refractivity contribution >= 4 is 46.5 Å². The Balaban J connectivity index is 2.90. The third-order valence-electron chi connectivity index (χ3n) is 2.64. The smallest absolute Gasteiger partial charge is 0.321 e. The average Bonchev–Trinajstić information content (AvgIpc) is 2.56. The molecule has 1 aliphatic heterocycles. The maximum absolute atomic E-state index is 13.1. The maximum atomic E-state index is 13.1. The van der Waals surface area contributed by atoms with Gasteiger partial charge in [-0.2, -0.15) is 16.9 Å². The predicted octanol–water partition coefficient (Wildman–Crippen LogP) is 2.41. The highest BCUT2D eigenvalue weighted by Crippen LogP contribution is 2.69. The number of carboxylic acids is 1. The maximum Gasteiger partial charge on any atom is 0.321 e. The summed E-state index contributed by atoms with van der Waals surface area (Å²) in [5.41, 5.74) is 3.58. The van der Waals surface area contributed by atoms with Crippen LogP contribution >= 0.6 is 29.6 Å². The number of carboxylic acid groups (broad SMARTS) is 1. The highest BCUT2D eigenvalue weighted by molar-refractivity contribution is 8.65. The van der Waals surface area contributed by atoms with Crippen LogP contribution in [0.25, 0.3) is 0 Å². The van der Waals surface area contributed by atoms with E-state index in [-0.39, 0.29) is 0 Å². The molecule has 2 unspecified atom stereocenters. The van der Waals surface area contributed by atoms with Crippen molar-refractivity contribution in [1.82, 2.24) is 10.5 Å². The van der Waals surface area contributed by atoms with Crippen molar-refractivity contribution in [1.29, 1.82) is 0 Å².